The molecule has 0 saturated carbocycles. The maximum Gasteiger partial charge on any atom is 0.326 e. The molecule has 0 aliphatic heterocycles. The molecule has 4 nitrogen and oxygen atoms in total. The van der Waals surface area contributed by atoms with Crippen LogP contribution in [-0.2, 0) is 4.79 Å². The normalized spacial score (nSPS) is 11.9. The zero-order valence-corrected chi connectivity index (χ0v) is 11.2. The Hall–Kier alpha value is -1.36. The van der Waals surface area contributed by atoms with Crippen molar-refractivity contribution in [2.24, 2.45) is 0 Å². The largest absolute Gasteiger partial charge is 0.480 e. The van der Waals surface area contributed by atoms with Gasteiger partial charge < -0.3 is 10.4 Å². The van der Waals surface area contributed by atoms with Crippen LogP contribution in [-0.4, -0.2) is 23.0 Å². The van der Waals surface area contributed by atoms with E-state index in [1.165, 1.54) is 0 Å². The number of carbonyl (C=O) groups excluding carboxylic acids is 1. The van der Waals surface area contributed by atoms with E-state index in [-0.39, 0.29) is 5.91 Å². The van der Waals surface area contributed by atoms with Crippen LogP contribution in [0, 0.1) is 6.92 Å². The predicted molar refractivity (Wildman–Crippen MR) is 68.1 cm³/mol. The molecule has 0 heterocycles. The lowest BCUT2D eigenvalue weighted by Crippen LogP contribution is -2.40. The first-order valence-electron chi connectivity index (χ1n) is 5.25. The van der Waals surface area contributed by atoms with Gasteiger partial charge in [0.25, 0.3) is 5.91 Å². The molecule has 1 aromatic rings. The topological polar surface area (TPSA) is 66.4 Å². The Labute approximate surface area is 108 Å². The van der Waals surface area contributed by atoms with E-state index in [9.17, 15) is 9.59 Å². The van der Waals surface area contributed by atoms with Crippen molar-refractivity contribution in [3.8, 4) is 0 Å². The molecule has 92 valence electrons. The van der Waals surface area contributed by atoms with Crippen molar-refractivity contribution in [1.82, 2.24) is 5.32 Å². The highest BCUT2D eigenvalue weighted by Gasteiger charge is 2.19. The van der Waals surface area contributed by atoms with E-state index in [2.05, 4.69) is 21.2 Å². The van der Waals surface area contributed by atoms with Crippen molar-refractivity contribution in [3.05, 3.63) is 33.8 Å². The predicted octanol–water partition coefficient (Wildman–Crippen LogP) is 2.35. The molecule has 17 heavy (non-hydrogen) atoms. The Morgan fingerprint density at radius 3 is 2.65 bits per heavy atom. The number of aliphatic carboxylic acids is 1. The molecule has 5 heteroatoms. The number of rotatable bonds is 4. The average molecular weight is 300 g/mol. The van der Waals surface area contributed by atoms with Gasteiger partial charge in [0.15, 0.2) is 0 Å². The molecule has 1 aromatic carbocycles. The molecule has 0 spiro atoms. The number of hydrogen-bond acceptors (Lipinski definition) is 2. The van der Waals surface area contributed by atoms with Crippen LogP contribution in [0.15, 0.2) is 22.7 Å². The van der Waals surface area contributed by atoms with Crippen LogP contribution in [0.3, 0.4) is 0 Å². The molecule has 1 atom stereocenters. The van der Waals surface area contributed by atoms with Gasteiger partial charge in [-0.1, -0.05) is 18.6 Å². The van der Waals surface area contributed by atoms with Crippen molar-refractivity contribution in [3.63, 3.8) is 0 Å². The second-order valence-corrected chi connectivity index (χ2v) is 4.61. The van der Waals surface area contributed by atoms with Crippen molar-refractivity contribution >= 4 is 27.8 Å². The Balaban J connectivity index is 2.89. The Morgan fingerprint density at radius 1 is 1.47 bits per heavy atom. The number of nitrogens with one attached hydrogen (secondary N) is 1. The van der Waals surface area contributed by atoms with Crippen LogP contribution in [0.25, 0.3) is 0 Å². The van der Waals surface area contributed by atoms with Gasteiger partial charge in [-0.15, -0.1) is 0 Å². The van der Waals surface area contributed by atoms with Crippen LogP contribution in [0.5, 0.6) is 0 Å². The van der Waals surface area contributed by atoms with Gasteiger partial charge in [0.05, 0.1) is 5.56 Å². The van der Waals surface area contributed by atoms with E-state index < -0.39 is 12.0 Å². The summed E-state index contributed by atoms with van der Waals surface area (Å²) < 4.78 is 0.654. The van der Waals surface area contributed by atoms with Gasteiger partial charge in [0.2, 0.25) is 0 Å². The maximum atomic E-state index is 11.9. The quantitative estimate of drug-likeness (QED) is 0.897. The minimum absolute atomic E-state index is 0.352. The summed E-state index contributed by atoms with van der Waals surface area (Å²) in [5, 5.41) is 11.3. The number of amides is 1. The summed E-state index contributed by atoms with van der Waals surface area (Å²) in [6.07, 6.45) is 0.352. The zero-order chi connectivity index (χ0) is 13.0. The number of hydrogen-bond donors (Lipinski definition) is 2. The van der Waals surface area contributed by atoms with E-state index >= 15 is 0 Å². The summed E-state index contributed by atoms with van der Waals surface area (Å²) in [7, 11) is 0. The Bertz CT molecular complexity index is 445. The zero-order valence-electron chi connectivity index (χ0n) is 9.66. The SMILES string of the molecule is CCC(NC(=O)c1cc(C)ccc1Br)C(=O)O. The number of carbonyl (C=O) groups is 2. The summed E-state index contributed by atoms with van der Waals surface area (Å²) in [5.41, 5.74) is 1.39. The minimum Gasteiger partial charge on any atom is -0.480 e. The van der Waals surface area contributed by atoms with Gasteiger partial charge in [-0.25, -0.2) is 4.79 Å². The Kier molecular flexibility index (Phi) is 4.69. The van der Waals surface area contributed by atoms with Gasteiger partial charge in [0.1, 0.15) is 6.04 Å². The van der Waals surface area contributed by atoms with Crippen LogP contribution in [0.4, 0.5) is 0 Å². The molecule has 1 amide bonds. The number of aryl methyl sites for hydroxylation is 1. The standard InChI is InChI=1S/C12H14BrNO3/c1-3-10(12(16)17)14-11(15)8-6-7(2)4-5-9(8)13/h4-6,10H,3H2,1-2H3,(H,14,15)(H,16,17). The maximum absolute atomic E-state index is 11.9. The first kappa shape index (κ1) is 13.7. The average Bonchev–Trinajstić information content (AvgIpc) is 2.28. The Morgan fingerprint density at radius 2 is 2.12 bits per heavy atom. The van der Waals surface area contributed by atoms with Crippen LogP contribution in [0.1, 0.15) is 29.3 Å². The molecular weight excluding hydrogens is 286 g/mol. The van der Waals surface area contributed by atoms with Crippen molar-refractivity contribution in [1.29, 1.82) is 0 Å². The summed E-state index contributed by atoms with van der Waals surface area (Å²) in [4.78, 5) is 22.7. The monoisotopic (exact) mass is 299 g/mol. The molecule has 0 radical (unpaired) electrons. The lowest BCUT2D eigenvalue weighted by molar-refractivity contribution is -0.139. The molecule has 0 bridgehead atoms. The van der Waals surface area contributed by atoms with Gasteiger partial charge in [-0.3, -0.25) is 4.79 Å². The molecule has 1 unspecified atom stereocenters. The number of halogens is 1. The van der Waals surface area contributed by atoms with Gasteiger partial charge >= 0.3 is 5.97 Å². The van der Waals surface area contributed by atoms with Crippen molar-refractivity contribution in [2.75, 3.05) is 0 Å². The van der Waals surface area contributed by atoms with Crippen LogP contribution >= 0.6 is 15.9 Å². The van der Waals surface area contributed by atoms with Gasteiger partial charge in [0, 0.05) is 4.47 Å². The van der Waals surface area contributed by atoms with E-state index in [1.807, 2.05) is 13.0 Å². The fourth-order valence-electron chi connectivity index (χ4n) is 1.39. The molecule has 0 aromatic heterocycles. The highest BCUT2D eigenvalue weighted by Crippen LogP contribution is 2.18. The van der Waals surface area contributed by atoms with Crippen LogP contribution < -0.4 is 5.32 Å². The minimum atomic E-state index is -1.02. The lowest BCUT2D eigenvalue weighted by atomic mass is 10.1. The molecule has 0 aliphatic carbocycles. The summed E-state index contributed by atoms with van der Waals surface area (Å²) >= 11 is 3.27. The van der Waals surface area contributed by atoms with E-state index in [4.69, 9.17) is 5.11 Å². The highest BCUT2D eigenvalue weighted by molar-refractivity contribution is 9.10. The highest BCUT2D eigenvalue weighted by atomic mass is 79.9. The molecule has 0 fully saturated rings. The third-order valence-electron chi connectivity index (χ3n) is 2.38. The van der Waals surface area contributed by atoms with E-state index in [0.29, 0.717) is 16.5 Å². The second kappa shape index (κ2) is 5.82. The molecule has 1 rings (SSSR count). The first-order chi connectivity index (χ1) is 7.95. The first-order valence-corrected chi connectivity index (χ1v) is 6.04. The smallest absolute Gasteiger partial charge is 0.326 e. The summed E-state index contributed by atoms with van der Waals surface area (Å²) in [6.45, 7) is 3.59. The van der Waals surface area contributed by atoms with E-state index in [1.54, 1.807) is 19.1 Å². The van der Waals surface area contributed by atoms with Crippen molar-refractivity contribution < 1.29 is 14.7 Å². The lowest BCUT2D eigenvalue weighted by Gasteiger charge is -2.13. The molecule has 2 N–H and O–H groups in total. The fourth-order valence-corrected chi connectivity index (χ4v) is 1.81. The fraction of sp³-hybridized carbons (Fsp3) is 0.333. The van der Waals surface area contributed by atoms with Gasteiger partial charge in [-0.05, 0) is 41.4 Å². The number of benzene rings is 1. The molecule has 0 saturated heterocycles. The van der Waals surface area contributed by atoms with Crippen LogP contribution in [0.2, 0.25) is 0 Å². The molecular formula is C12H14BrNO3. The number of carboxylic acid groups (broad SMARTS) is 1. The third kappa shape index (κ3) is 3.56. The van der Waals surface area contributed by atoms with Crippen molar-refractivity contribution in [2.45, 2.75) is 26.3 Å². The molecule has 0 aliphatic rings. The summed E-state index contributed by atoms with van der Waals surface area (Å²) in [5.74, 6) is -1.40. The third-order valence-corrected chi connectivity index (χ3v) is 3.07. The van der Waals surface area contributed by atoms with Gasteiger partial charge in [-0.2, -0.15) is 0 Å². The summed E-state index contributed by atoms with van der Waals surface area (Å²) in [6, 6.07) is 4.50. The number of carboxylic acids is 1. The van der Waals surface area contributed by atoms with E-state index in [0.717, 1.165) is 5.56 Å². The second-order valence-electron chi connectivity index (χ2n) is 3.76.